The number of carbonyl (C=O) groups excluding carboxylic acids is 1. The van der Waals surface area contributed by atoms with Gasteiger partial charge in [-0.15, -0.1) is 4.72 Å². The van der Waals surface area contributed by atoms with Crippen LogP contribution in [0.1, 0.15) is 107 Å². The summed E-state index contributed by atoms with van der Waals surface area (Å²) in [5, 5.41) is 0.0961. The molecule has 53 heavy (non-hydrogen) atoms. The van der Waals surface area contributed by atoms with E-state index in [1.807, 2.05) is 39.0 Å². The Morgan fingerprint density at radius 2 is 1.74 bits per heavy atom. The van der Waals surface area contributed by atoms with Gasteiger partial charge in [-0.25, -0.2) is 15.0 Å². The van der Waals surface area contributed by atoms with E-state index in [0.29, 0.717) is 48.6 Å². The van der Waals surface area contributed by atoms with Crippen LogP contribution in [-0.4, -0.2) is 68.2 Å². The van der Waals surface area contributed by atoms with Gasteiger partial charge in [0, 0.05) is 60.5 Å². The minimum Gasteiger partial charge on any atom is -0.598 e. The molecule has 1 fully saturated rings. The molecule has 4 aromatic rings. The molecule has 284 valence electrons. The number of fused-ring (bicyclic) bond motifs is 9. The van der Waals surface area contributed by atoms with Crippen molar-refractivity contribution in [1.82, 2.24) is 29.1 Å². The highest BCUT2D eigenvalue weighted by Gasteiger charge is 2.59. The highest BCUT2D eigenvalue weighted by atomic mass is 32.2. The van der Waals surface area contributed by atoms with Crippen molar-refractivity contribution >= 4 is 36.6 Å². The Hall–Kier alpha value is -3.43. The Balaban J connectivity index is 1.22. The summed E-state index contributed by atoms with van der Waals surface area (Å²) >= 11 is -1.35. The minimum atomic E-state index is -3.03. The van der Waals surface area contributed by atoms with Crippen LogP contribution in [0.4, 0.5) is 8.78 Å². The van der Waals surface area contributed by atoms with E-state index < -0.39 is 42.6 Å². The van der Waals surface area contributed by atoms with Gasteiger partial charge < -0.3 is 23.2 Å². The normalized spacial score (nSPS) is 24.9. The fraction of sp³-hybridized carbons (Fsp3) is 0.538. The molecule has 1 N–H and O–H groups in total. The average molecular weight is 765 g/mol. The molecule has 0 radical (unpaired) electrons. The van der Waals surface area contributed by atoms with Crippen molar-refractivity contribution in [3.05, 3.63) is 71.6 Å². The molecule has 1 saturated carbocycles. The first-order chi connectivity index (χ1) is 24.6. The van der Waals surface area contributed by atoms with Crippen LogP contribution in [0.3, 0.4) is 0 Å². The summed E-state index contributed by atoms with van der Waals surface area (Å²) in [7, 11) is -0.239. The second kappa shape index (κ2) is 12.8. The number of benzene rings is 2. The van der Waals surface area contributed by atoms with Gasteiger partial charge in [-0.2, -0.15) is 8.78 Å². The zero-order valence-electron chi connectivity index (χ0n) is 32.2. The van der Waals surface area contributed by atoms with Gasteiger partial charge in [-0.1, -0.05) is 39.8 Å². The van der Waals surface area contributed by atoms with E-state index in [-0.39, 0.29) is 28.2 Å². The minimum absolute atomic E-state index is 0.00619. The Labute approximate surface area is 314 Å². The van der Waals surface area contributed by atoms with Crippen LogP contribution < -0.4 is 9.46 Å². The number of amides is 1. The third-order valence-electron chi connectivity index (χ3n) is 11.7. The molecule has 3 aliphatic rings. The maximum absolute atomic E-state index is 13.6. The van der Waals surface area contributed by atoms with Crippen molar-refractivity contribution < 1.29 is 27.3 Å². The smallest absolute Gasteiger partial charge is 0.387 e. The lowest BCUT2D eigenvalue weighted by Gasteiger charge is -2.54. The molecule has 2 aliphatic heterocycles. The molecule has 7 rings (SSSR count). The molecule has 1 aliphatic carbocycles. The van der Waals surface area contributed by atoms with Crippen LogP contribution in [0.2, 0.25) is 18.1 Å². The molecule has 0 unspecified atom stereocenters. The molecule has 4 heterocycles. The molecule has 14 heteroatoms. The first-order valence-electron chi connectivity index (χ1n) is 18.2. The number of nitrogens with zero attached hydrogens (tertiary/aromatic N) is 5. The number of halogens is 2. The third-order valence-corrected chi connectivity index (χ3v) is 17.9. The van der Waals surface area contributed by atoms with E-state index in [2.05, 4.69) is 50.1 Å². The van der Waals surface area contributed by atoms with Crippen molar-refractivity contribution in [2.45, 2.75) is 115 Å². The summed E-state index contributed by atoms with van der Waals surface area (Å²) < 4.78 is 57.3. The average Bonchev–Trinajstić information content (AvgIpc) is 3.58. The van der Waals surface area contributed by atoms with Crippen molar-refractivity contribution in [2.24, 2.45) is 5.41 Å². The molecule has 2 aromatic heterocycles. The fourth-order valence-corrected chi connectivity index (χ4v) is 9.91. The van der Waals surface area contributed by atoms with Crippen molar-refractivity contribution in [1.29, 1.82) is 0 Å². The Bertz CT molecular complexity index is 2060. The molecule has 3 atom stereocenters. The summed E-state index contributed by atoms with van der Waals surface area (Å²) in [4.78, 5) is 29.9. The molecule has 2 bridgehead atoms. The largest absolute Gasteiger partial charge is 0.598 e. The van der Waals surface area contributed by atoms with Crippen LogP contribution in [0, 0.1) is 5.41 Å². The standard InChI is InChI=1S/C39H50F2N6O4SSi/c1-36(2,3)52(49)45-39(20-38(7,21-39)22-50-53(9,10)37(4,5)6)34-42-18-24(19-43-34)23-14-15-26-27(16-23)47-28-17-29(32(47)44-26)46(8)33(48)25-12-11-13-30(31(25)28)51-35(40)41/h11-16,18-19,28-29,35,45H,17,20-22H2,1-10H3/t28-,29-,38-,39+,52+/m1/s1. The van der Waals surface area contributed by atoms with E-state index in [0.717, 1.165) is 22.2 Å². The van der Waals surface area contributed by atoms with Gasteiger partial charge in [0.05, 0.1) is 23.1 Å². The maximum Gasteiger partial charge on any atom is 0.387 e. The van der Waals surface area contributed by atoms with Crippen molar-refractivity contribution in [2.75, 3.05) is 13.7 Å². The van der Waals surface area contributed by atoms with Crippen LogP contribution >= 0.6 is 0 Å². The Morgan fingerprint density at radius 3 is 2.36 bits per heavy atom. The molecule has 10 nitrogen and oxygen atoms in total. The van der Waals surface area contributed by atoms with Gasteiger partial charge in [0.1, 0.15) is 21.9 Å². The molecule has 1 amide bonds. The maximum atomic E-state index is 13.6. The van der Waals surface area contributed by atoms with Crippen molar-refractivity contribution in [3.8, 4) is 16.9 Å². The van der Waals surface area contributed by atoms with E-state index >= 15 is 0 Å². The molecule has 0 saturated heterocycles. The van der Waals surface area contributed by atoms with E-state index in [9.17, 15) is 18.1 Å². The van der Waals surface area contributed by atoms with Gasteiger partial charge in [-0.05, 0) is 87.0 Å². The lowest BCUT2D eigenvalue weighted by atomic mass is 9.58. The van der Waals surface area contributed by atoms with Crippen LogP contribution in [0.15, 0.2) is 48.8 Å². The predicted molar refractivity (Wildman–Crippen MR) is 205 cm³/mol. The summed E-state index contributed by atoms with van der Waals surface area (Å²) in [6, 6.07) is 9.87. The topological polar surface area (TPSA) is 117 Å². The van der Waals surface area contributed by atoms with Crippen LogP contribution in [0.5, 0.6) is 5.75 Å². The number of ether oxygens (including phenoxy) is 1. The summed E-state index contributed by atoms with van der Waals surface area (Å²) in [6.07, 6.45) is 5.46. The summed E-state index contributed by atoms with van der Waals surface area (Å²) in [5.74, 6) is 1.04. The van der Waals surface area contributed by atoms with Crippen molar-refractivity contribution in [3.63, 3.8) is 0 Å². The van der Waals surface area contributed by atoms with E-state index in [1.165, 1.54) is 6.07 Å². The van der Waals surface area contributed by atoms with Gasteiger partial charge >= 0.3 is 6.61 Å². The summed E-state index contributed by atoms with van der Waals surface area (Å²) in [5.41, 5.74) is 3.16. The zero-order chi connectivity index (χ0) is 38.5. The predicted octanol–water partition coefficient (Wildman–Crippen LogP) is 8.28. The highest BCUT2D eigenvalue weighted by Crippen LogP contribution is 2.55. The number of carbonyl (C=O) groups is 1. The van der Waals surface area contributed by atoms with E-state index in [4.69, 9.17) is 24.1 Å². The Morgan fingerprint density at radius 1 is 1.06 bits per heavy atom. The molecule has 0 spiro atoms. The SMILES string of the molecule is CN1C(=O)c2cccc(OC(F)F)c2[C@H]2C[C@@H]1c1nc3ccc(-c4cnc([C@]5(N[S@@+]([O-])C(C)(C)C)C[C@@](C)(CO[Si](C)(C)C(C)(C)C)C5)nc4)cc3n12. The van der Waals surface area contributed by atoms with E-state index in [1.54, 1.807) is 36.5 Å². The number of hydrogen-bond acceptors (Lipinski definition) is 8. The number of aromatic nitrogens is 4. The number of rotatable bonds is 9. The fourth-order valence-electron chi connectivity index (χ4n) is 7.87. The number of alkyl halides is 2. The first-order valence-corrected chi connectivity index (χ1v) is 22.2. The second-order valence-electron chi connectivity index (χ2n) is 17.9. The zero-order valence-corrected chi connectivity index (χ0v) is 34.0. The third kappa shape index (κ3) is 6.57. The summed E-state index contributed by atoms with van der Waals surface area (Å²) in [6.45, 7) is 16.9. The monoisotopic (exact) mass is 764 g/mol. The van der Waals surface area contributed by atoms with Gasteiger partial charge in [0.25, 0.3) is 5.91 Å². The number of hydrogen-bond donors (Lipinski definition) is 1. The second-order valence-corrected chi connectivity index (χ2v) is 24.7. The molecular weight excluding hydrogens is 715 g/mol. The first kappa shape index (κ1) is 37.9. The van der Waals surface area contributed by atoms with Gasteiger partial charge in [0.2, 0.25) is 0 Å². The number of imidazole rings is 1. The Kier molecular flexibility index (Phi) is 9.16. The highest BCUT2D eigenvalue weighted by molar-refractivity contribution is 7.90. The van der Waals surface area contributed by atoms with Gasteiger partial charge in [-0.3, -0.25) is 4.79 Å². The molecular formula is C39H50F2N6O4SSi. The quantitative estimate of drug-likeness (QED) is 0.134. The lowest BCUT2D eigenvalue weighted by Crippen LogP contribution is -2.63. The van der Waals surface area contributed by atoms with Crippen LogP contribution in [0.25, 0.3) is 22.2 Å². The van der Waals surface area contributed by atoms with Gasteiger partial charge in [0.15, 0.2) is 14.1 Å². The van der Waals surface area contributed by atoms with Crippen LogP contribution in [-0.2, 0) is 21.3 Å². The lowest BCUT2D eigenvalue weighted by molar-refractivity contribution is -0.0507. The number of nitrogens with one attached hydrogen (secondary N) is 1. The molecule has 2 aromatic carbocycles.